The largest absolute Gasteiger partial charge is 0.756 e. The van der Waals surface area contributed by atoms with E-state index in [0.29, 0.717) is 0 Å². The van der Waals surface area contributed by atoms with Gasteiger partial charge in [-0.15, -0.1) is 0 Å². The maximum atomic E-state index is 15.7. The van der Waals surface area contributed by atoms with Gasteiger partial charge in [-0.1, -0.05) is 0 Å². The van der Waals surface area contributed by atoms with E-state index in [1.807, 2.05) is 0 Å². The molecule has 5 N–H and O–H groups in total. The Morgan fingerprint density at radius 2 is 1.89 bits per heavy atom. The number of halogens is 1. The van der Waals surface area contributed by atoms with Crippen molar-refractivity contribution in [2.45, 2.75) is 49.5 Å². The number of amides is 1. The van der Waals surface area contributed by atoms with Crippen molar-refractivity contribution < 1.29 is 46.6 Å². The molecule has 2 aliphatic heterocycles. The quantitative estimate of drug-likeness (QED) is 0.191. The van der Waals surface area contributed by atoms with Crippen LogP contribution >= 0.6 is 7.82 Å². The third-order valence-electron chi connectivity index (χ3n) is 7.54. The number of ether oxygens (including phenoxy) is 4. The van der Waals surface area contributed by atoms with E-state index in [4.69, 9.17) is 34.9 Å². The van der Waals surface area contributed by atoms with Crippen LogP contribution in [-0.4, -0.2) is 100 Å². The first-order valence-corrected chi connectivity index (χ1v) is 15.0. The molecule has 0 spiro atoms. The number of imidazole rings is 1. The first kappa shape index (κ1) is 32.8. The van der Waals surface area contributed by atoms with E-state index in [1.54, 1.807) is 0 Å². The van der Waals surface area contributed by atoms with Gasteiger partial charge in [0.1, 0.15) is 36.0 Å². The summed E-state index contributed by atoms with van der Waals surface area (Å²) >= 11 is 0. The maximum absolute atomic E-state index is 15.7. The van der Waals surface area contributed by atoms with E-state index in [-0.39, 0.29) is 42.4 Å². The number of hydrogen-bond acceptors (Lipinski definition) is 16. The third kappa shape index (κ3) is 6.68. The van der Waals surface area contributed by atoms with E-state index in [1.165, 1.54) is 43.7 Å². The molecule has 246 valence electrons. The van der Waals surface area contributed by atoms with E-state index < -0.39 is 68.4 Å². The zero-order valence-electron chi connectivity index (χ0n) is 24.3. The van der Waals surface area contributed by atoms with Crippen molar-refractivity contribution in [2.24, 2.45) is 5.92 Å². The average Bonchev–Trinajstić information content (AvgIpc) is 3.67. The second-order valence-electron chi connectivity index (χ2n) is 10.2. The number of aromatic nitrogens is 6. The van der Waals surface area contributed by atoms with Crippen LogP contribution in [0.1, 0.15) is 18.9 Å². The predicted molar refractivity (Wildman–Crippen MR) is 149 cm³/mol. The molecule has 0 aliphatic carbocycles. The standard InChI is InChI=1S/C24H33FN9O10P/c1-39-8-13-11(16(25)22(43-13)33-5-4-14(26)32-24(33)36)6-15(35)28-7-12-18(44-45(37,38)41-3)19(40-2)23(42-12)34-10-31-17-20(27)29-9-30-21(17)34/h4-5,9-13,16,18-19,22-23H,6-8H2,1-3H3,(H,28,35)(H,37,38)(H2,26,32,36)(H2,27,29,30)/p-1/t11-,12-,13-,16-,18-,19-,22-,23-/m1/s1. The summed E-state index contributed by atoms with van der Waals surface area (Å²) in [5, 5.41) is 2.64. The van der Waals surface area contributed by atoms with Crippen molar-refractivity contribution >= 4 is 36.5 Å². The molecular formula is C24H32FN9O10P-. The predicted octanol–water partition coefficient (Wildman–Crippen LogP) is -1.34. The van der Waals surface area contributed by atoms with Crippen molar-refractivity contribution in [1.82, 2.24) is 34.4 Å². The molecular weight excluding hydrogens is 624 g/mol. The van der Waals surface area contributed by atoms with Gasteiger partial charge in [-0.3, -0.25) is 18.5 Å². The number of carbonyl (C=O) groups is 1. The Kier molecular flexibility index (Phi) is 9.75. The average molecular weight is 657 g/mol. The number of nitrogens with two attached hydrogens (primary N) is 2. The SMILES string of the molecule is COC[C@H]1O[C@@H](n2ccc(N)nc2=O)[C@H](F)[C@@H]1CC(=O)NC[C@H]1O[C@@H](n2cnc3c(N)ncnc32)[C@H](OC)[C@@H]1OP(=O)([O-])OC. The highest BCUT2D eigenvalue weighted by atomic mass is 31.2. The number of carbonyl (C=O) groups excluding carboxylic acids is 1. The molecule has 1 amide bonds. The minimum atomic E-state index is -4.82. The lowest BCUT2D eigenvalue weighted by Crippen LogP contribution is -2.43. The monoisotopic (exact) mass is 656 g/mol. The van der Waals surface area contributed by atoms with Gasteiger partial charge in [-0.05, 0) is 6.07 Å². The summed E-state index contributed by atoms with van der Waals surface area (Å²) < 4.78 is 62.8. The number of rotatable bonds is 12. The van der Waals surface area contributed by atoms with E-state index in [2.05, 4.69) is 29.8 Å². The molecule has 2 aliphatic rings. The molecule has 0 bridgehead atoms. The first-order chi connectivity index (χ1) is 21.5. The second kappa shape index (κ2) is 13.4. The number of nitrogens with zero attached hydrogens (tertiary/aromatic N) is 6. The molecule has 1 unspecified atom stereocenters. The van der Waals surface area contributed by atoms with Crippen LogP contribution in [0.15, 0.2) is 29.7 Å². The summed E-state index contributed by atoms with van der Waals surface area (Å²) in [5.74, 6) is -1.57. The summed E-state index contributed by atoms with van der Waals surface area (Å²) in [6, 6.07) is 1.32. The van der Waals surface area contributed by atoms with Crippen molar-refractivity contribution in [2.75, 3.05) is 45.9 Å². The Labute approximate surface area is 254 Å². The van der Waals surface area contributed by atoms with E-state index >= 15 is 4.39 Å². The van der Waals surface area contributed by atoms with Crippen LogP contribution in [0.25, 0.3) is 11.2 Å². The van der Waals surface area contributed by atoms with Crippen molar-refractivity contribution in [1.29, 1.82) is 0 Å². The number of nitrogen functional groups attached to an aromatic ring is 2. The first-order valence-electron chi connectivity index (χ1n) is 13.5. The van der Waals surface area contributed by atoms with Crippen LogP contribution in [0, 0.1) is 5.92 Å². The number of phosphoric ester groups is 1. The topological polar surface area (TPSA) is 255 Å². The lowest BCUT2D eigenvalue weighted by atomic mass is 9.95. The summed E-state index contributed by atoms with van der Waals surface area (Å²) in [4.78, 5) is 53.7. The van der Waals surface area contributed by atoms with Gasteiger partial charge in [-0.2, -0.15) is 4.98 Å². The fourth-order valence-corrected chi connectivity index (χ4v) is 6.04. The molecule has 0 radical (unpaired) electrons. The molecule has 0 aromatic carbocycles. The van der Waals surface area contributed by atoms with Crippen LogP contribution < -0.4 is 27.4 Å². The number of anilines is 2. The molecule has 21 heteroatoms. The third-order valence-corrected chi connectivity index (χ3v) is 8.49. The number of fused-ring (bicyclic) bond motifs is 1. The highest BCUT2D eigenvalue weighted by molar-refractivity contribution is 7.45. The molecule has 2 fully saturated rings. The minimum Gasteiger partial charge on any atom is -0.756 e. The van der Waals surface area contributed by atoms with Gasteiger partial charge < -0.3 is 49.7 Å². The number of phosphoric acid groups is 1. The zero-order valence-corrected chi connectivity index (χ0v) is 25.2. The number of nitrogens with one attached hydrogen (secondary N) is 1. The Morgan fingerprint density at radius 3 is 2.58 bits per heavy atom. The van der Waals surface area contributed by atoms with Crippen molar-refractivity contribution in [3.05, 3.63) is 35.4 Å². The number of methoxy groups -OCH3 is 2. The van der Waals surface area contributed by atoms with Gasteiger partial charge in [0, 0.05) is 46.4 Å². The van der Waals surface area contributed by atoms with E-state index in [9.17, 15) is 19.0 Å². The van der Waals surface area contributed by atoms with Crippen LogP contribution in [0.2, 0.25) is 0 Å². The van der Waals surface area contributed by atoms with Crippen LogP contribution in [-0.2, 0) is 37.4 Å². The lowest BCUT2D eigenvalue weighted by molar-refractivity contribution is -0.231. The number of alkyl halides is 1. The molecule has 5 heterocycles. The van der Waals surface area contributed by atoms with E-state index in [0.717, 1.165) is 11.7 Å². The molecule has 45 heavy (non-hydrogen) atoms. The molecule has 0 saturated carbocycles. The Morgan fingerprint density at radius 1 is 1.13 bits per heavy atom. The van der Waals surface area contributed by atoms with Gasteiger partial charge in [0.05, 0.1) is 19.0 Å². The van der Waals surface area contributed by atoms with Gasteiger partial charge in [0.15, 0.2) is 30.1 Å². The normalized spacial score (nSPS) is 29.6. The van der Waals surface area contributed by atoms with Crippen molar-refractivity contribution in [3.8, 4) is 0 Å². The molecule has 19 nitrogen and oxygen atoms in total. The number of hydrogen-bond donors (Lipinski definition) is 3. The summed E-state index contributed by atoms with van der Waals surface area (Å²) in [7, 11) is -1.19. The maximum Gasteiger partial charge on any atom is 0.351 e. The molecule has 9 atom stereocenters. The van der Waals surface area contributed by atoms with Gasteiger partial charge in [0.2, 0.25) is 5.91 Å². The fourth-order valence-electron chi connectivity index (χ4n) is 5.40. The summed E-state index contributed by atoms with van der Waals surface area (Å²) in [5.41, 5.74) is 11.2. The highest BCUT2D eigenvalue weighted by Gasteiger charge is 2.50. The molecule has 3 aromatic rings. The van der Waals surface area contributed by atoms with Crippen LogP contribution in [0.4, 0.5) is 16.0 Å². The van der Waals surface area contributed by atoms with Crippen LogP contribution in [0.3, 0.4) is 0 Å². The molecule has 3 aromatic heterocycles. The zero-order chi connectivity index (χ0) is 32.5. The smallest absolute Gasteiger partial charge is 0.351 e. The Hall–Kier alpha value is -3.62. The van der Waals surface area contributed by atoms with Gasteiger partial charge in [0.25, 0.3) is 7.82 Å². The lowest BCUT2D eigenvalue weighted by Gasteiger charge is -2.29. The fraction of sp³-hybridized carbons (Fsp3) is 0.583. The summed E-state index contributed by atoms with van der Waals surface area (Å²) in [6.45, 7) is -0.342. The highest BCUT2D eigenvalue weighted by Crippen LogP contribution is 2.45. The minimum absolute atomic E-state index is 0.0409. The second-order valence-corrected chi connectivity index (χ2v) is 11.7. The molecule has 5 rings (SSSR count). The molecule has 2 saturated heterocycles. The van der Waals surface area contributed by atoms with Crippen molar-refractivity contribution in [3.63, 3.8) is 0 Å². The Balaban J connectivity index is 1.33. The van der Waals surface area contributed by atoms with Crippen LogP contribution in [0.5, 0.6) is 0 Å². The Bertz CT molecular complexity index is 1630. The summed E-state index contributed by atoms with van der Waals surface area (Å²) in [6.07, 6.45) is -5.09. The van der Waals surface area contributed by atoms with Gasteiger partial charge >= 0.3 is 5.69 Å². The van der Waals surface area contributed by atoms with Gasteiger partial charge in [-0.25, -0.2) is 24.1 Å².